The Kier molecular flexibility index (Phi) is 5.24. The first-order chi connectivity index (χ1) is 13.7. The summed E-state index contributed by atoms with van der Waals surface area (Å²) in [4.78, 5) is 15.1. The van der Waals surface area contributed by atoms with Crippen molar-refractivity contribution in [1.82, 2.24) is 15.0 Å². The van der Waals surface area contributed by atoms with E-state index in [2.05, 4.69) is 25.6 Å². The Labute approximate surface area is 160 Å². The second-order valence-corrected chi connectivity index (χ2v) is 6.12. The summed E-state index contributed by atoms with van der Waals surface area (Å²) < 4.78 is 32.9. The molecule has 1 fully saturated rings. The maximum atomic E-state index is 14.0. The Morgan fingerprint density at radius 1 is 0.857 bits per heavy atom. The van der Waals surface area contributed by atoms with Gasteiger partial charge < -0.3 is 20.3 Å². The molecule has 7 nitrogen and oxygen atoms in total. The molecule has 1 aliphatic heterocycles. The predicted molar refractivity (Wildman–Crippen MR) is 102 cm³/mol. The number of anilines is 5. The molecule has 4 rings (SSSR count). The van der Waals surface area contributed by atoms with Gasteiger partial charge in [-0.15, -0.1) is 0 Å². The lowest BCUT2D eigenvalue weighted by atomic mass is 10.3. The summed E-state index contributed by atoms with van der Waals surface area (Å²) >= 11 is 0. The Bertz CT molecular complexity index is 965. The van der Waals surface area contributed by atoms with Gasteiger partial charge in [0.15, 0.2) is 0 Å². The summed E-state index contributed by atoms with van der Waals surface area (Å²) in [5.74, 6) is 0.0325. The molecular weight excluding hydrogens is 366 g/mol. The van der Waals surface area contributed by atoms with Crippen molar-refractivity contribution >= 4 is 29.2 Å². The van der Waals surface area contributed by atoms with Gasteiger partial charge >= 0.3 is 0 Å². The van der Waals surface area contributed by atoms with Crippen LogP contribution in [-0.4, -0.2) is 41.3 Å². The molecule has 1 aliphatic rings. The van der Waals surface area contributed by atoms with Crippen molar-refractivity contribution < 1.29 is 13.5 Å². The fourth-order valence-electron chi connectivity index (χ4n) is 2.76. The molecule has 28 heavy (non-hydrogen) atoms. The summed E-state index contributed by atoms with van der Waals surface area (Å²) in [6.45, 7) is 2.38. The summed E-state index contributed by atoms with van der Waals surface area (Å²) in [5.41, 5.74) is 0.745. The molecule has 2 heterocycles. The quantitative estimate of drug-likeness (QED) is 0.698. The molecule has 0 aliphatic carbocycles. The smallest absolute Gasteiger partial charge is 0.233 e. The zero-order valence-electron chi connectivity index (χ0n) is 14.9. The normalized spacial score (nSPS) is 14.0. The molecule has 0 spiro atoms. The third kappa shape index (κ3) is 4.32. The molecule has 1 saturated heterocycles. The number of aromatic nitrogens is 3. The van der Waals surface area contributed by atoms with Gasteiger partial charge in [-0.2, -0.15) is 15.0 Å². The summed E-state index contributed by atoms with van der Waals surface area (Å²) in [6, 6.07) is 12.2. The first kappa shape index (κ1) is 18.1. The number of ether oxygens (including phenoxy) is 1. The van der Waals surface area contributed by atoms with Crippen LogP contribution in [0.25, 0.3) is 0 Å². The van der Waals surface area contributed by atoms with E-state index in [4.69, 9.17) is 4.74 Å². The third-order valence-electron chi connectivity index (χ3n) is 4.12. The average molecular weight is 384 g/mol. The number of hydrogen-bond acceptors (Lipinski definition) is 7. The van der Waals surface area contributed by atoms with Crippen molar-refractivity contribution in [2.45, 2.75) is 0 Å². The topological polar surface area (TPSA) is 75.2 Å². The van der Waals surface area contributed by atoms with E-state index in [0.717, 1.165) is 0 Å². The van der Waals surface area contributed by atoms with E-state index < -0.39 is 5.82 Å². The third-order valence-corrected chi connectivity index (χ3v) is 4.12. The molecular formula is C19H18F2N6O. The molecule has 0 saturated carbocycles. The van der Waals surface area contributed by atoms with Crippen LogP contribution in [0.4, 0.5) is 38.0 Å². The Balaban J connectivity index is 1.67. The second-order valence-electron chi connectivity index (χ2n) is 6.12. The SMILES string of the molecule is Fc1cccc(Nc2nc(Nc3ccccc3F)nc(N3CCOCC3)n2)c1. The van der Waals surface area contributed by atoms with Crippen molar-refractivity contribution in [3.05, 3.63) is 60.2 Å². The van der Waals surface area contributed by atoms with Gasteiger partial charge in [-0.05, 0) is 30.3 Å². The van der Waals surface area contributed by atoms with E-state index in [1.54, 1.807) is 30.3 Å². The van der Waals surface area contributed by atoms with Crippen molar-refractivity contribution in [3.8, 4) is 0 Å². The number of para-hydroxylation sites is 1. The van der Waals surface area contributed by atoms with Crippen LogP contribution in [0.1, 0.15) is 0 Å². The van der Waals surface area contributed by atoms with Crippen molar-refractivity contribution in [2.75, 3.05) is 41.8 Å². The van der Waals surface area contributed by atoms with Crippen LogP contribution in [0.5, 0.6) is 0 Å². The van der Waals surface area contributed by atoms with Gasteiger partial charge in [0.2, 0.25) is 17.8 Å². The summed E-state index contributed by atoms with van der Waals surface area (Å²) in [6.07, 6.45) is 0. The first-order valence-electron chi connectivity index (χ1n) is 8.80. The summed E-state index contributed by atoms with van der Waals surface area (Å²) in [7, 11) is 0. The van der Waals surface area contributed by atoms with Gasteiger partial charge in [-0.3, -0.25) is 0 Å². The molecule has 0 atom stereocenters. The van der Waals surface area contributed by atoms with Crippen LogP contribution < -0.4 is 15.5 Å². The predicted octanol–water partition coefficient (Wildman–Crippen LogP) is 3.47. The van der Waals surface area contributed by atoms with Gasteiger partial charge in [-0.1, -0.05) is 18.2 Å². The Morgan fingerprint density at radius 2 is 1.61 bits per heavy atom. The Hall–Kier alpha value is -3.33. The van der Waals surface area contributed by atoms with Crippen molar-refractivity contribution in [2.24, 2.45) is 0 Å². The summed E-state index contributed by atoms with van der Waals surface area (Å²) in [5, 5.41) is 5.85. The first-order valence-corrected chi connectivity index (χ1v) is 8.80. The van der Waals surface area contributed by atoms with Crippen LogP contribution in [0.3, 0.4) is 0 Å². The highest BCUT2D eigenvalue weighted by Crippen LogP contribution is 2.22. The largest absolute Gasteiger partial charge is 0.378 e. The van der Waals surface area contributed by atoms with Gasteiger partial charge in [0.1, 0.15) is 11.6 Å². The monoisotopic (exact) mass is 384 g/mol. The van der Waals surface area contributed by atoms with Gasteiger partial charge in [0.05, 0.1) is 18.9 Å². The molecule has 0 radical (unpaired) electrons. The van der Waals surface area contributed by atoms with Crippen LogP contribution in [0.15, 0.2) is 48.5 Å². The van der Waals surface area contributed by atoms with Crippen molar-refractivity contribution in [1.29, 1.82) is 0 Å². The Morgan fingerprint density at radius 3 is 2.36 bits per heavy atom. The molecule has 9 heteroatoms. The zero-order valence-corrected chi connectivity index (χ0v) is 14.9. The van der Waals surface area contributed by atoms with Crippen LogP contribution in [0.2, 0.25) is 0 Å². The van der Waals surface area contributed by atoms with E-state index in [1.807, 2.05) is 4.90 Å². The number of morpholine rings is 1. The highest BCUT2D eigenvalue weighted by Gasteiger charge is 2.17. The van der Waals surface area contributed by atoms with Gasteiger partial charge in [0.25, 0.3) is 0 Å². The minimum atomic E-state index is -0.421. The second kappa shape index (κ2) is 8.13. The highest BCUT2D eigenvalue weighted by molar-refractivity contribution is 5.59. The van der Waals surface area contributed by atoms with E-state index in [0.29, 0.717) is 37.9 Å². The molecule has 144 valence electrons. The highest BCUT2D eigenvalue weighted by atomic mass is 19.1. The minimum absolute atomic E-state index is 0.181. The molecule has 0 unspecified atom stereocenters. The number of halogens is 2. The van der Waals surface area contributed by atoms with E-state index in [-0.39, 0.29) is 23.4 Å². The molecule has 0 amide bonds. The maximum absolute atomic E-state index is 14.0. The van der Waals surface area contributed by atoms with Gasteiger partial charge in [-0.25, -0.2) is 8.78 Å². The van der Waals surface area contributed by atoms with E-state index >= 15 is 0 Å². The number of nitrogens with one attached hydrogen (secondary N) is 2. The number of benzene rings is 2. The lowest BCUT2D eigenvalue weighted by Crippen LogP contribution is -2.37. The molecule has 2 aromatic carbocycles. The lowest BCUT2D eigenvalue weighted by molar-refractivity contribution is 0.122. The average Bonchev–Trinajstić information content (AvgIpc) is 2.70. The zero-order chi connectivity index (χ0) is 19.3. The fraction of sp³-hybridized carbons (Fsp3) is 0.211. The molecule has 1 aromatic heterocycles. The fourth-order valence-corrected chi connectivity index (χ4v) is 2.76. The molecule has 0 bridgehead atoms. The maximum Gasteiger partial charge on any atom is 0.233 e. The lowest BCUT2D eigenvalue weighted by Gasteiger charge is -2.27. The molecule has 3 aromatic rings. The van der Waals surface area contributed by atoms with Crippen molar-refractivity contribution in [3.63, 3.8) is 0 Å². The van der Waals surface area contributed by atoms with Crippen LogP contribution >= 0.6 is 0 Å². The van der Waals surface area contributed by atoms with E-state index in [9.17, 15) is 8.78 Å². The standard InChI is InChI=1S/C19H18F2N6O/c20-13-4-3-5-14(12-13)22-17-24-18(23-16-7-2-1-6-15(16)21)26-19(25-17)27-8-10-28-11-9-27/h1-7,12H,8-11H2,(H2,22,23,24,25,26). The molecule has 2 N–H and O–H groups in total. The van der Waals surface area contributed by atoms with E-state index in [1.165, 1.54) is 18.2 Å². The number of rotatable bonds is 5. The van der Waals surface area contributed by atoms with Crippen LogP contribution in [0, 0.1) is 11.6 Å². The number of hydrogen-bond donors (Lipinski definition) is 2. The van der Waals surface area contributed by atoms with Gasteiger partial charge in [0, 0.05) is 18.8 Å². The minimum Gasteiger partial charge on any atom is -0.378 e. The van der Waals surface area contributed by atoms with Crippen LogP contribution in [-0.2, 0) is 4.74 Å². The number of nitrogens with zero attached hydrogens (tertiary/aromatic N) is 4.